The predicted octanol–water partition coefficient (Wildman–Crippen LogP) is 3.38. The smallest absolute Gasteiger partial charge is 0.0542 e. The van der Waals surface area contributed by atoms with E-state index in [9.17, 15) is 5.11 Å². The number of benzene rings is 2. The molecule has 2 nitrogen and oxygen atoms in total. The summed E-state index contributed by atoms with van der Waals surface area (Å²) >= 11 is 0. The van der Waals surface area contributed by atoms with Crippen LogP contribution >= 0.6 is 0 Å². The number of anilines is 1. The average molecular weight is 269 g/mol. The molecule has 2 rings (SSSR count). The summed E-state index contributed by atoms with van der Waals surface area (Å²) in [5.74, 6) is 0. The summed E-state index contributed by atoms with van der Waals surface area (Å²) in [6, 6.07) is 18.6. The van der Waals surface area contributed by atoms with E-state index in [-0.39, 0.29) is 12.0 Å². The number of rotatable bonds is 5. The average Bonchev–Trinajstić information content (AvgIpc) is 2.48. The summed E-state index contributed by atoms with van der Waals surface area (Å²) in [4.78, 5) is 2.22. The van der Waals surface area contributed by atoms with Gasteiger partial charge in [0.1, 0.15) is 0 Å². The molecule has 20 heavy (non-hydrogen) atoms. The second-order valence-corrected chi connectivity index (χ2v) is 5.73. The summed E-state index contributed by atoms with van der Waals surface area (Å²) in [6.45, 7) is 5.13. The third kappa shape index (κ3) is 3.02. The van der Waals surface area contributed by atoms with Crippen LogP contribution in [0.4, 0.5) is 5.69 Å². The fraction of sp³-hybridized carbons (Fsp3) is 0.333. The molecule has 0 radical (unpaired) electrons. The van der Waals surface area contributed by atoms with Gasteiger partial charge in [0.05, 0.1) is 6.61 Å². The first-order chi connectivity index (χ1) is 9.57. The zero-order valence-electron chi connectivity index (χ0n) is 12.5. The topological polar surface area (TPSA) is 23.5 Å². The van der Waals surface area contributed by atoms with Crippen molar-refractivity contribution in [2.45, 2.75) is 19.3 Å². The Kier molecular flexibility index (Phi) is 4.46. The van der Waals surface area contributed by atoms with E-state index < -0.39 is 0 Å². The van der Waals surface area contributed by atoms with Gasteiger partial charge in [-0.2, -0.15) is 0 Å². The molecule has 0 heterocycles. The van der Waals surface area contributed by atoms with Gasteiger partial charge in [0.25, 0.3) is 0 Å². The molecule has 1 unspecified atom stereocenters. The van der Waals surface area contributed by atoms with Crippen LogP contribution in [0.1, 0.15) is 18.1 Å². The summed E-state index contributed by atoms with van der Waals surface area (Å²) in [7, 11) is 2.08. The van der Waals surface area contributed by atoms with E-state index >= 15 is 0 Å². The summed E-state index contributed by atoms with van der Waals surface area (Å²) in [6.07, 6.45) is 0. The lowest BCUT2D eigenvalue weighted by molar-refractivity contribution is 0.209. The normalized spacial score (nSPS) is 13.8. The lowest BCUT2D eigenvalue weighted by Crippen LogP contribution is -2.40. The molecule has 0 fully saturated rings. The van der Waals surface area contributed by atoms with Crippen LogP contribution in [0.5, 0.6) is 0 Å². The Labute approximate surface area is 121 Å². The Bertz CT molecular complexity index is 552. The summed E-state index contributed by atoms with van der Waals surface area (Å²) < 4.78 is 0. The van der Waals surface area contributed by atoms with Gasteiger partial charge in [0.15, 0.2) is 0 Å². The van der Waals surface area contributed by atoms with Crippen molar-refractivity contribution in [1.29, 1.82) is 0 Å². The van der Waals surface area contributed by atoms with Crippen molar-refractivity contribution < 1.29 is 5.11 Å². The minimum absolute atomic E-state index is 0.132. The molecule has 0 aliphatic carbocycles. The molecule has 0 aliphatic heterocycles. The predicted molar refractivity (Wildman–Crippen MR) is 85.3 cm³/mol. The highest BCUT2D eigenvalue weighted by Gasteiger charge is 2.27. The monoisotopic (exact) mass is 269 g/mol. The number of aliphatic hydroxyl groups is 1. The minimum Gasteiger partial charge on any atom is -0.395 e. The molecule has 106 valence electrons. The molecule has 0 spiro atoms. The first kappa shape index (κ1) is 14.6. The van der Waals surface area contributed by atoms with Crippen LogP contribution in [-0.2, 0) is 5.41 Å². The quantitative estimate of drug-likeness (QED) is 0.899. The maximum Gasteiger partial charge on any atom is 0.0542 e. The summed E-state index contributed by atoms with van der Waals surface area (Å²) in [5, 5.41) is 9.88. The maximum absolute atomic E-state index is 9.88. The molecule has 2 aromatic carbocycles. The Balaban J connectivity index is 2.24. The van der Waals surface area contributed by atoms with Crippen LogP contribution in [-0.4, -0.2) is 25.3 Å². The molecular formula is C18H23NO. The van der Waals surface area contributed by atoms with E-state index in [4.69, 9.17) is 0 Å². The van der Waals surface area contributed by atoms with Gasteiger partial charge < -0.3 is 10.0 Å². The molecule has 0 amide bonds. The van der Waals surface area contributed by atoms with E-state index in [1.165, 1.54) is 16.8 Å². The highest BCUT2D eigenvalue weighted by molar-refractivity contribution is 5.53. The first-order valence-electron chi connectivity index (χ1n) is 7.00. The Morgan fingerprint density at radius 2 is 1.60 bits per heavy atom. The molecular weight excluding hydrogens is 246 g/mol. The van der Waals surface area contributed by atoms with Crippen LogP contribution in [0, 0.1) is 6.92 Å². The fourth-order valence-electron chi connectivity index (χ4n) is 2.67. The molecule has 1 N–H and O–H groups in total. The molecule has 0 bridgehead atoms. The third-order valence-electron chi connectivity index (χ3n) is 3.93. The number of hydrogen-bond acceptors (Lipinski definition) is 2. The molecule has 0 saturated heterocycles. The Hall–Kier alpha value is -1.80. The highest BCUT2D eigenvalue weighted by atomic mass is 16.3. The zero-order valence-corrected chi connectivity index (χ0v) is 12.5. The van der Waals surface area contributed by atoms with Crippen LogP contribution in [0.25, 0.3) is 0 Å². The fourth-order valence-corrected chi connectivity index (χ4v) is 2.67. The van der Waals surface area contributed by atoms with Crippen LogP contribution in [0.3, 0.4) is 0 Å². The lowest BCUT2D eigenvalue weighted by atomic mass is 9.82. The van der Waals surface area contributed by atoms with Gasteiger partial charge in [-0.3, -0.25) is 0 Å². The lowest BCUT2D eigenvalue weighted by Gasteiger charge is -2.34. The van der Waals surface area contributed by atoms with Gasteiger partial charge in [-0.05, 0) is 24.1 Å². The van der Waals surface area contributed by atoms with Gasteiger partial charge in [0, 0.05) is 24.7 Å². The minimum atomic E-state index is -0.266. The van der Waals surface area contributed by atoms with E-state index in [0.717, 1.165) is 6.54 Å². The van der Waals surface area contributed by atoms with Crippen molar-refractivity contribution in [2.24, 2.45) is 0 Å². The number of aliphatic hydroxyl groups excluding tert-OH is 1. The van der Waals surface area contributed by atoms with Crippen molar-refractivity contribution >= 4 is 5.69 Å². The van der Waals surface area contributed by atoms with E-state index in [1.54, 1.807) is 0 Å². The standard InChI is InChI=1S/C18H23NO/c1-15-9-7-8-12-17(15)19(3)13-18(2,14-20)16-10-5-4-6-11-16/h4-12,20H,13-14H2,1-3H3. The van der Waals surface area contributed by atoms with Crippen molar-refractivity contribution in [3.05, 3.63) is 65.7 Å². The number of hydrogen-bond donors (Lipinski definition) is 1. The van der Waals surface area contributed by atoms with Crippen LogP contribution < -0.4 is 4.90 Å². The molecule has 0 aliphatic rings. The molecule has 0 saturated carbocycles. The van der Waals surface area contributed by atoms with Gasteiger partial charge in [-0.15, -0.1) is 0 Å². The maximum atomic E-state index is 9.88. The molecule has 2 heteroatoms. The van der Waals surface area contributed by atoms with Crippen LogP contribution in [0.15, 0.2) is 54.6 Å². The second kappa shape index (κ2) is 6.10. The number of para-hydroxylation sites is 1. The third-order valence-corrected chi connectivity index (χ3v) is 3.93. The van der Waals surface area contributed by atoms with Crippen molar-refractivity contribution in [3.63, 3.8) is 0 Å². The summed E-state index contributed by atoms with van der Waals surface area (Å²) in [5.41, 5.74) is 3.37. The largest absolute Gasteiger partial charge is 0.395 e. The number of likely N-dealkylation sites (N-methyl/N-ethyl adjacent to an activating group) is 1. The van der Waals surface area contributed by atoms with Gasteiger partial charge >= 0.3 is 0 Å². The van der Waals surface area contributed by atoms with Crippen LogP contribution in [0.2, 0.25) is 0 Å². The SMILES string of the molecule is Cc1ccccc1N(C)CC(C)(CO)c1ccccc1. The zero-order chi connectivity index (χ0) is 14.6. The van der Waals surface area contributed by atoms with Gasteiger partial charge in [-0.1, -0.05) is 55.5 Å². The van der Waals surface area contributed by atoms with Crippen molar-refractivity contribution in [3.8, 4) is 0 Å². The van der Waals surface area contributed by atoms with Crippen molar-refractivity contribution in [2.75, 3.05) is 25.1 Å². The van der Waals surface area contributed by atoms with E-state index in [1.807, 2.05) is 18.2 Å². The highest BCUT2D eigenvalue weighted by Crippen LogP contribution is 2.27. The van der Waals surface area contributed by atoms with Crippen molar-refractivity contribution in [1.82, 2.24) is 0 Å². The molecule has 2 aromatic rings. The van der Waals surface area contributed by atoms with E-state index in [2.05, 4.69) is 62.2 Å². The Morgan fingerprint density at radius 3 is 2.20 bits per heavy atom. The van der Waals surface area contributed by atoms with Gasteiger partial charge in [0.2, 0.25) is 0 Å². The van der Waals surface area contributed by atoms with Gasteiger partial charge in [-0.25, -0.2) is 0 Å². The second-order valence-electron chi connectivity index (χ2n) is 5.73. The number of aryl methyl sites for hydroxylation is 1. The molecule has 0 aromatic heterocycles. The molecule has 1 atom stereocenters. The Morgan fingerprint density at radius 1 is 1.00 bits per heavy atom. The first-order valence-corrected chi connectivity index (χ1v) is 7.00. The number of nitrogens with zero attached hydrogens (tertiary/aromatic N) is 1. The van der Waals surface area contributed by atoms with E-state index in [0.29, 0.717) is 0 Å².